The maximum Gasteiger partial charge on any atom is 0.416 e. The van der Waals surface area contributed by atoms with Crippen LogP contribution in [0.25, 0.3) is 0 Å². The lowest BCUT2D eigenvalue weighted by molar-refractivity contribution is -0.148. The number of hydrogen-bond acceptors (Lipinski definition) is 6. The highest BCUT2D eigenvalue weighted by atomic mass is 19.4. The first-order chi connectivity index (χ1) is 20.1. The summed E-state index contributed by atoms with van der Waals surface area (Å²) < 4.78 is 50.5. The monoisotopic (exact) mass is 584 g/mol. The number of ether oxygens (including phenoxy) is 2. The normalized spacial score (nSPS) is 15.1. The molecule has 1 fully saturated rings. The number of nitrogens with zero attached hydrogens (tertiary/aromatic N) is 3. The Morgan fingerprint density at radius 1 is 0.929 bits per heavy atom. The van der Waals surface area contributed by atoms with Gasteiger partial charge in [0.25, 0.3) is 5.91 Å². The van der Waals surface area contributed by atoms with Gasteiger partial charge in [0, 0.05) is 38.9 Å². The molecular weight excluding hydrogens is 549 g/mol. The van der Waals surface area contributed by atoms with Crippen molar-refractivity contribution >= 4 is 17.6 Å². The fourth-order valence-corrected chi connectivity index (χ4v) is 4.83. The molecule has 2 aromatic carbocycles. The van der Waals surface area contributed by atoms with E-state index in [1.165, 1.54) is 12.1 Å². The Morgan fingerprint density at radius 3 is 2.19 bits per heavy atom. The molecule has 0 saturated carbocycles. The van der Waals surface area contributed by atoms with Crippen LogP contribution >= 0.6 is 0 Å². The average Bonchev–Trinajstić information content (AvgIpc) is 3.00. The summed E-state index contributed by atoms with van der Waals surface area (Å²) in [6, 6.07) is 17.2. The molecule has 1 unspecified atom stereocenters. The van der Waals surface area contributed by atoms with Crippen molar-refractivity contribution in [3.8, 4) is 11.5 Å². The number of halogens is 3. The first-order valence-electron chi connectivity index (χ1n) is 13.8. The van der Waals surface area contributed by atoms with Gasteiger partial charge in [0.2, 0.25) is 5.91 Å². The summed E-state index contributed by atoms with van der Waals surface area (Å²) in [5.74, 6) is 1.28. The first kappa shape index (κ1) is 30.7. The van der Waals surface area contributed by atoms with E-state index in [0.29, 0.717) is 44.9 Å². The number of anilines is 1. The zero-order valence-corrected chi connectivity index (χ0v) is 23.7. The lowest BCUT2D eigenvalue weighted by Gasteiger charge is -2.40. The largest absolute Gasteiger partial charge is 0.497 e. The highest BCUT2D eigenvalue weighted by Crippen LogP contribution is 2.32. The third-order valence-corrected chi connectivity index (χ3v) is 7.19. The van der Waals surface area contributed by atoms with Crippen LogP contribution in [0.4, 0.5) is 19.0 Å². The van der Waals surface area contributed by atoms with Gasteiger partial charge >= 0.3 is 6.18 Å². The number of carbonyl (C=O) groups excluding carboxylic acids is 2. The van der Waals surface area contributed by atoms with Crippen molar-refractivity contribution in [2.75, 3.05) is 44.7 Å². The van der Waals surface area contributed by atoms with E-state index in [0.717, 1.165) is 23.5 Å². The third kappa shape index (κ3) is 8.14. The second kappa shape index (κ2) is 13.6. The highest BCUT2D eigenvalue weighted by molar-refractivity contribution is 5.85. The molecule has 1 atom stereocenters. The van der Waals surface area contributed by atoms with Gasteiger partial charge in [-0.2, -0.15) is 13.2 Å². The molecule has 0 radical (unpaired) electrons. The minimum atomic E-state index is -4.48. The summed E-state index contributed by atoms with van der Waals surface area (Å²) in [4.78, 5) is 34.5. The van der Waals surface area contributed by atoms with Crippen molar-refractivity contribution in [1.82, 2.24) is 15.2 Å². The Kier molecular flexibility index (Phi) is 9.92. The van der Waals surface area contributed by atoms with Gasteiger partial charge in [-0.1, -0.05) is 18.2 Å². The van der Waals surface area contributed by atoms with Crippen molar-refractivity contribution in [2.45, 2.75) is 38.0 Å². The average molecular weight is 585 g/mol. The van der Waals surface area contributed by atoms with Gasteiger partial charge in [-0.15, -0.1) is 0 Å². The number of hydrogen-bond donors (Lipinski definition) is 1. The molecule has 1 N–H and O–H groups in total. The van der Waals surface area contributed by atoms with Crippen LogP contribution in [0.3, 0.4) is 0 Å². The molecule has 3 aromatic rings. The topological polar surface area (TPSA) is 84.0 Å². The van der Waals surface area contributed by atoms with Crippen LogP contribution < -0.4 is 19.7 Å². The van der Waals surface area contributed by atoms with Crippen LogP contribution in [0.2, 0.25) is 0 Å². The number of carbonyl (C=O) groups is 2. The van der Waals surface area contributed by atoms with E-state index >= 15 is 0 Å². The van der Waals surface area contributed by atoms with E-state index in [1.807, 2.05) is 30.3 Å². The maximum absolute atomic E-state index is 13.8. The molecule has 2 amide bonds. The van der Waals surface area contributed by atoms with Crippen LogP contribution in [-0.4, -0.2) is 67.1 Å². The number of alkyl halides is 3. The molecule has 42 heavy (non-hydrogen) atoms. The van der Waals surface area contributed by atoms with E-state index < -0.39 is 17.3 Å². The first-order valence-corrected chi connectivity index (χ1v) is 13.8. The highest BCUT2D eigenvalue weighted by Gasteiger charge is 2.40. The molecule has 0 bridgehead atoms. The van der Waals surface area contributed by atoms with E-state index in [2.05, 4.69) is 15.2 Å². The molecule has 1 aliphatic heterocycles. The molecule has 1 saturated heterocycles. The number of amides is 2. The molecule has 224 valence electrons. The molecule has 1 aliphatic rings. The number of nitrogens with one attached hydrogen (secondary N) is 1. The zero-order chi connectivity index (χ0) is 30.2. The Hall–Kier alpha value is -4.28. The van der Waals surface area contributed by atoms with Crippen molar-refractivity contribution < 1.29 is 32.2 Å². The summed E-state index contributed by atoms with van der Waals surface area (Å²) in [6.45, 7) is 4.01. The van der Waals surface area contributed by atoms with Crippen LogP contribution in [0.1, 0.15) is 30.9 Å². The summed E-state index contributed by atoms with van der Waals surface area (Å²) in [5.41, 5.74) is -1.31. The van der Waals surface area contributed by atoms with Gasteiger partial charge in [-0.25, -0.2) is 4.98 Å². The van der Waals surface area contributed by atoms with Crippen LogP contribution in [0.15, 0.2) is 72.9 Å². The number of piperazine rings is 1. The number of rotatable bonds is 11. The van der Waals surface area contributed by atoms with Crippen LogP contribution in [0.5, 0.6) is 11.5 Å². The molecule has 8 nitrogen and oxygen atoms in total. The summed E-state index contributed by atoms with van der Waals surface area (Å²) in [7, 11) is 1.57. The van der Waals surface area contributed by atoms with Gasteiger partial charge in [0.05, 0.1) is 19.1 Å². The summed E-state index contributed by atoms with van der Waals surface area (Å²) in [6.07, 6.45) is -1.89. The number of pyridine rings is 1. The second-order valence-corrected chi connectivity index (χ2v) is 10.3. The van der Waals surface area contributed by atoms with E-state index in [9.17, 15) is 22.8 Å². The predicted molar refractivity (Wildman–Crippen MR) is 152 cm³/mol. The molecule has 0 aliphatic carbocycles. The standard InChI is InChI=1S/C31H35F3N4O4/c1-30(42-26-13-9-24(10-14-26)31(32,33)34,15-5-17-36-28(39)22-23-7-11-25(41-2)12-8-23)29(40)38-20-18-37(19-21-38)27-6-3-4-16-35-27/h3-4,6-14,16H,5,15,17-22H2,1-2H3,(H,36,39). The Morgan fingerprint density at radius 2 is 1.60 bits per heavy atom. The maximum atomic E-state index is 13.8. The van der Waals surface area contributed by atoms with Gasteiger partial charge in [-0.05, 0) is 73.9 Å². The van der Waals surface area contributed by atoms with Crippen molar-refractivity contribution in [2.24, 2.45) is 0 Å². The van der Waals surface area contributed by atoms with Crippen molar-refractivity contribution in [3.05, 3.63) is 84.1 Å². The summed E-state index contributed by atoms with van der Waals surface area (Å²) >= 11 is 0. The van der Waals surface area contributed by atoms with E-state index in [-0.39, 0.29) is 30.4 Å². The van der Waals surface area contributed by atoms with E-state index in [4.69, 9.17) is 9.47 Å². The molecule has 0 spiro atoms. The fraction of sp³-hybridized carbons (Fsp3) is 0.387. The van der Waals surface area contributed by atoms with Crippen LogP contribution in [-0.2, 0) is 22.2 Å². The van der Waals surface area contributed by atoms with Gasteiger partial charge < -0.3 is 24.6 Å². The van der Waals surface area contributed by atoms with Gasteiger partial charge in [0.1, 0.15) is 17.3 Å². The van der Waals surface area contributed by atoms with Crippen LogP contribution in [0, 0.1) is 0 Å². The smallest absolute Gasteiger partial charge is 0.416 e. The number of benzene rings is 2. The quantitative estimate of drug-likeness (QED) is 0.328. The van der Waals surface area contributed by atoms with Gasteiger partial charge in [0.15, 0.2) is 5.60 Å². The lowest BCUT2D eigenvalue weighted by atomic mass is 9.96. The Bertz CT molecular complexity index is 1310. The van der Waals surface area contributed by atoms with Gasteiger partial charge in [-0.3, -0.25) is 9.59 Å². The molecule has 4 rings (SSSR count). The van der Waals surface area contributed by atoms with E-state index in [1.54, 1.807) is 37.3 Å². The summed E-state index contributed by atoms with van der Waals surface area (Å²) in [5, 5.41) is 2.87. The zero-order valence-electron chi connectivity index (χ0n) is 23.7. The molecular formula is C31H35F3N4O4. The molecule has 1 aromatic heterocycles. The Labute approximate surface area is 243 Å². The fourth-order valence-electron chi connectivity index (χ4n) is 4.83. The molecule has 11 heteroatoms. The third-order valence-electron chi connectivity index (χ3n) is 7.19. The molecule has 2 heterocycles. The Balaban J connectivity index is 1.38. The number of methoxy groups -OCH3 is 1. The minimum Gasteiger partial charge on any atom is -0.497 e. The SMILES string of the molecule is COc1ccc(CC(=O)NCCCC(C)(Oc2ccc(C(F)(F)F)cc2)C(=O)N2CCN(c3ccccn3)CC2)cc1. The second-order valence-electron chi connectivity index (χ2n) is 10.3. The number of aromatic nitrogens is 1. The minimum absolute atomic E-state index is 0.162. The van der Waals surface area contributed by atoms with Crippen molar-refractivity contribution in [3.63, 3.8) is 0 Å². The predicted octanol–water partition coefficient (Wildman–Crippen LogP) is 4.73. The lowest BCUT2D eigenvalue weighted by Crippen LogP contribution is -2.57. The van der Waals surface area contributed by atoms with Crippen molar-refractivity contribution in [1.29, 1.82) is 0 Å².